The summed E-state index contributed by atoms with van der Waals surface area (Å²) in [6.45, 7) is 1.55. The molecule has 2 bridgehead atoms. The average Bonchev–Trinajstić information content (AvgIpc) is 3.50. The van der Waals surface area contributed by atoms with Crippen molar-refractivity contribution in [3.05, 3.63) is 35.2 Å². The Morgan fingerprint density at radius 2 is 1.97 bits per heavy atom. The standard InChI is InChI=1S/C24H26F3N5O4/c25-24(26,27)22-29-20(30-36-22)13-5-6-14-10-32(21(33)17(14)9-13)19-4-2-1-3-18(19)28-23(34)31-11-16-8-7-15(31)12-35-16/h5-6,9,15-16,18-19H,1-4,7-8,10-12H2,(H,28,34)/t15?,16?,18-,19-/m1/s1. The van der Waals surface area contributed by atoms with Crippen molar-refractivity contribution in [3.8, 4) is 11.4 Å². The van der Waals surface area contributed by atoms with Crippen LogP contribution in [0.3, 0.4) is 0 Å². The minimum absolute atomic E-state index is 0.0936. The van der Waals surface area contributed by atoms with Gasteiger partial charge in [-0.05, 0) is 37.3 Å². The SMILES string of the molecule is O=C(N[C@@H]1CCCC[C@H]1N1Cc2ccc(-c3noc(C(F)(F)F)n3)cc2C1=O)N1CC2CCC1CO2. The topological polar surface area (TPSA) is 101 Å². The van der Waals surface area contributed by atoms with Crippen molar-refractivity contribution in [2.24, 2.45) is 0 Å². The summed E-state index contributed by atoms with van der Waals surface area (Å²) >= 11 is 0. The Morgan fingerprint density at radius 3 is 2.67 bits per heavy atom. The second kappa shape index (κ2) is 8.75. The molecular weight excluding hydrogens is 479 g/mol. The molecule has 7 rings (SSSR count). The van der Waals surface area contributed by atoms with Crippen LogP contribution in [0.1, 0.15) is 60.3 Å². The van der Waals surface area contributed by atoms with Crippen molar-refractivity contribution in [3.63, 3.8) is 0 Å². The van der Waals surface area contributed by atoms with Gasteiger partial charge in [-0.15, -0.1) is 0 Å². The van der Waals surface area contributed by atoms with Gasteiger partial charge in [-0.1, -0.05) is 30.1 Å². The van der Waals surface area contributed by atoms with Gasteiger partial charge in [0.05, 0.1) is 30.8 Å². The molecule has 1 aliphatic carbocycles. The quantitative estimate of drug-likeness (QED) is 0.684. The molecule has 5 aliphatic rings. The highest BCUT2D eigenvalue weighted by atomic mass is 19.4. The number of nitrogens with zero attached hydrogens (tertiary/aromatic N) is 4. The summed E-state index contributed by atoms with van der Waals surface area (Å²) in [7, 11) is 0. The Bertz CT molecular complexity index is 1180. The molecule has 2 aromatic rings. The van der Waals surface area contributed by atoms with Gasteiger partial charge >= 0.3 is 18.1 Å². The van der Waals surface area contributed by atoms with Crippen molar-refractivity contribution in [2.75, 3.05) is 13.2 Å². The largest absolute Gasteiger partial charge is 0.471 e. The molecule has 4 fully saturated rings. The minimum atomic E-state index is -4.74. The van der Waals surface area contributed by atoms with Crippen molar-refractivity contribution in [1.29, 1.82) is 0 Å². The predicted molar refractivity (Wildman–Crippen MR) is 119 cm³/mol. The summed E-state index contributed by atoms with van der Waals surface area (Å²) < 4.78 is 48.6. The Kier molecular flexibility index (Phi) is 5.66. The lowest BCUT2D eigenvalue weighted by molar-refractivity contribution is -0.159. The molecule has 3 saturated heterocycles. The summed E-state index contributed by atoms with van der Waals surface area (Å²) in [5.74, 6) is -1.86. The molecule has 4 atom stereocenters. The Morgan fingerprint density at radius 1 is 1.14 bits per heavy atom. The number of rotatable bonds is 3. The highest BCUT2D eigenvalue weighted by Gasteiger charge is 2.42. The second-order valence-electron chi connectivity index (χ2n) is 9.97. The summed E-state index contributed by atoms with van der Waals surface area (Å²) in [5, 5.41) is 6.63. The molecule has 1 saturated carbocycles. The third kappa shape index (κ3) is 4.10. The third-order valence-corrected chi connectivity index (χ3v) is 7.76. The van der Waals surface area contributed by atoms with Gasteiger partial charge < -0.3 is 24.4 Å². The molecule has 192 valence electrons. The van der Waals surface area contributed by atoms with Gasteiger partial charge in [0.1, 0.15) is 0 Å². The molecule has 1 N–H and O–H groups in total. The summed E-state index contributed by atoms with van der Waals surface area (Å²) in [6.07, 6.45) is 0.746. The lowest BCUT2D eigenvalue weighted by Crippen LogP contribution is -2.62. The second-order valence-corrected chi connectivity index (χ2v) is 9.97. The highest BCUT2D eigenvalue weighted by molar-refractivity contribution is 5.99. The predicted octanol–water partition coefficient (Wildman–Crippen LogP) is 3.60. The van der Waals surface area contributed by atoms with Crippen LogP contribution in [0, 0.1) is 0 Å². The molecule has 5 heterocycles. The first kappa shape index (κ1) is 23.3. The fraction of sp³-hybridized carbons (Fsp3) is 0.583. The van der Waals surface area contributed by atoms with Crippen LogP contribution in [0.2, 0.25) is 0 Å². The zero-order chi connectivity index (χ0) is 25.0. The van der Waals surface area contributed by atoms with E-state index in [1.165, 1.54) is 6.07 Å². The number of ether oxygens (including phenoxy) is 1. The van der Waals surface area contributed by atoms with E-state index in [2.05, 4.69) is 20.0 Å². The van der Waals surface area contributed by atoms with Gasteiger partial charge in [0, 0.05) is 24.2 Å². The Hall–Kier alpha value is -3.15. The monoisotopic (exact) mass is 505 g/mol. The number of benzene rings is 1. The fourth-order valence-corrected chi connectivity index (χ4v) is 5.88. The summed E-state index contributed by atoms with van der Waals surface area (Å²) in [5.41, 5.74) is 1.47. The molecular formula is C24H26F3N5O4. The van der Waals surface area contributed by atoms with Crippen LogP contribution in [0.15, 0.2) is 22.7 Å². The minimum Gasteiger partial charge on any atom is -0.374 e. The van der Waals surface area contributed by atoms with Crippen LogP contribution in [-0.4, -0.2) is 69.3 Å². The smallest absolute Gasteiger partial charge is 0.374 e. The van der Waals surface area contributed by atoms with E-state index < -0.39 is 12.1 Å². The van der Waals surface area contributed by atoms with Gasteiger partial charge in [-0.3, -0.25) is 4.79 Å². The Labute approximate surface area is 204 Å². The zero-order valence-corrected chi connectivity index (χ0v) is 19.5. The average molecular weight is 505 g/mol. The zero-order valence-electron chi connectivity index (χ0n) is 19.5. The van der Waals surface area contributed by atoms with E-state index in [1.54, 1.807) is 17.0 Å². The highest BCUT2D eigenvalue weighted by Crippen LogP contribution is 2.35. The molecule has 0 radical (unpaired) electrons. The maximum absolute atomic E-state index is 13.4. The van der Waals surface area contributed by atoms with Gasteiger partial charge in [0.2, 0.25) is 5.82 Å². The van der Waals surface area contributed by atoms with E-state index in [9.17, 15) is 22.8 Å². The summed E-state index contributed by atoms with van der Waals surface area (Å²) in [4.78, 5) is 33.6. The van der Waals surface area contributed by atoms with Gasteiger partial charge in [0.15, 0.2) is 0 Å². The first-order valence-electron chi connectivity index (χ1n) is 12.3. The maximum atomic E-state index is 13.4. The number of amides is 3. The van der Waals surface area contributed by atoms with Crippen LogP contribution in [0.25, 0.3) is 11.4 Å². The third-order valence-electron chi connectivity index (χ3n) is 7.76. The number of carbonyl (C=O) groups is 2. The Balaban J connectivity index is 1.18. The fourth-order valence-electron chi connectivity index (χ4n) is 5.88. The molecule has 0 spiro atoms. The van der Waals surface area contributed by atoms with Gasteiger partial charge in [-0.25, -0.2) is 4.79 Å². The lowest BCUT2D eigenvalue weighted by Gasteiger charge is -2.46. The molecule has 9 nitrogen and oxygen atoms in total. The van der Waals surface area contributed by atoms with Crippen molar-refractivity contribution in [1.82, 2.24) is 25.3 Å². The van der Waals surface area contributed by atoms with Gasteiger partial charge in [-0.2, -0.15) is 18.2 Å². The molecule has 1 aromatic heterocycles. The van der Waals surface area contributed by atoms with Crippen LogP contribution >= 0.6 is 0 Å². The number of hydrogen-bond donors (Lipinski definition) is 1. The van der Waals surface area contributed by atoms with E-state index in [0.29, 0.717) is 25.3 Å². The van der Waals surface area contributed by atoms with E-state index >= 15 is 0 Å². The van der Waals surface area contributed by atoms with Crippen molar-refractivity contribution < 1.29 is 32.0 Å². The summed E-state index contributed by atoms with van der Waals surface area (Å²) in [6, 6.07) is 4.48. The maximum Gasteiger partial charge on any atom is 0.471 e. The number of aromatic nitrogens is 2. The number of nitrogens with one attached hydrogen (secondary N) is 1. The van der Waals surface area contributed by atoms with Crippen molar-refractivity contribution in [2.45, 2.75) is 75.5 Å². The number of alkyl halides is 3. The number of piperidine rings is 1. The molecule has 12 heteroatoms. The number of urea groups is 1. The lowest BCUT2D eigenvalue weighted by atomic mass is 9.89. The van der Waals surface area contributed by atoms with Crippen molar-refractivity contribution >= 4 is 11.9 Å². The van der Waals surface area contributed by atoms with E-state index in [0.717, 1.165) is 44.1 Å². The first-order valence-corrected chi connectivity index (χ1v) is 12.3. The van der Waals surface area contributed by atoms with E-state index in [4.69, 9.17) is 4.74 Å². The van der Waals surface area contributed by atoms with Crippen LogP contribution < -0.4 is 5.32 Å². The molecule has 3 amide bonds. The molecule has 36 heavy (non-hydrogen) atoms. The number of fused-ring (bicyclic) bond motifs is 4. The van der Waals surface area contributed by atoms with Crippen LogP contribution in [0.5, 0.6) is 0 Å². The van der Waals surface area contributed by atoms with Gasteiger partial charge in [0.25, 0.3) is 5.91 Å². The number of halogens is 3. The molecule has 4 aliphatic heterocycles. The van der Waals surface area contributed by atoms with Crippen LogP contribution in [-0.2, 0) is 17.5 Å². The van der Waals surface area contributed by atoms with Crippen LogP contribution in [0.4, 0.5) is 18.0 Å². The molecule has 2 unspecified atom stereocenters. The number of carbonyl (C=O) groups excluding carboxylic acids is 2. The number of hydrogen-bond acceptors (Lipinski definition) is 6. The normalized spacial score (nSPS) is 27.9. The van der Waals surface area contributed by atoms with E-state index in [-0.39, 0.29) is 47.6 Å². The van der Waals surface area contributed by atoms with E-state index in [1.807, 2.05) is 4.90 Å². The first-order chi connectivity index (χ1) is 17.3. The number of morpholine rings is 1. The molecule has 1 aromatic carbocycles.